The SMILES string of the molecule is Cc1cc(-c2ccccc2)ccc1-c1n(C)c2ccccc2[n+]1C.Cc1cc(C(C)(C)C)ccc1-c1n(C)c2ccccc2[n+]1C.Cc1cc(C(C)C)ccc1-c1n(C)c2ccccc2[n+]1C.Cc1ccc(-c2n(C)c3ccccc3[n+]2C)c(C)c1. The van der Waals surface area contributed by atoms with Gasteiger partial charge in [-0.25, -0.2) is 36.5 Å². The normalized spacial score (nSPS) is 11.5. The standard InChI is InChI=1S/C22H21N2.C20H25N2.C19H23N2.C17H19N2/c1-16-15-18(17-9-5-4-6-10-17)13-14-19(16)22-23(2)20-11-7-8-12-21(20)24(22)3;1-14-13-15(20(2,3)4)11-12-16(14)19-21(5)17-9-7-8-10-18(17)22(19)6;1-13(2)15-10-11-16(14(3)12-15)19-20(4)17-8-6-7-9-18(17)21(19)5;1-12-9-10-14(13(2)11-12)17-18(3)15-7-5-6-8-16(15)19(17)4/h4-15H,1-3H3;7-13H,1-6H3;6-13H,1-5H3;5-11H,1-4H3/q4*+1. The number of benzene rings is 9. The molecule has 8 heteroatoms. The van der Waals surface area contributed by atoms with Crippen molar-refractivity contribution in [2.24, 2.45) is 56.4 Å². The summed E-state index contributed by atoms with van der Waals surface area (Å²) >= 11 is 0. The molecule has 0 saturated heterocycles. The van der Waals surface area contributed by atoms with E-state index in [2.05, 4.69) is 362 Å². The molecule has 0 fully saturated rings. The van der Waals surface area contributed by atoms with E-state index in [9.17, 15) is 0 Å². The van der Waals surface area contributed by atoms with Crippen molar-refractivity contribution in [1.29, 1.82) is 0 Å². The number of hydrogen-bond donors (Lipinski definition) is 0. The highest BCUT2D eigenvalue weighted by Gasteiger charge is 2.27. The van der Waals surface area contributed by atoms with E-state index in [0.717, 1.165) is 0 Å². The molecule has 0 saturated carbocycles. The Bertz CT molecular complexity index is 4470. The molecule has 8 nitrogen and oxygen atoms in total. The summed E-state index contributed by atoms with van der Waals surface area (Å²) in [6.45, 7) is 22.2. The maximum atomic E-state index is 2.33. The summed E-state index contributed by atoms with van der Waals surface area (Å²) in [7, 11) is 17.1. The van der Waals surface area contributed by atoms with Crippen LogP contribution in [-0.4, -0.2) is 18.3 Å². The van der Waals surface area contributed by atoms with Crippen molar-refractivity contribution < 1.29 is 18.3 Å². The second-order valence-corrected chi connectivity index (χ2v) is 24.9. The van der Waals surface area contributed by atoms with E-state index in [0.29, 0.717) is 5.92 Å². The summed E-state index contributed by atoms with van der Waals surface area (Å²) in [6, 6.07) is 71.8. The van der Waals surface area contributed by atoms with Gasteiger partial charge in [0.25, 0.3) is 23.3 Å². The van der Waals surface area contributed by atoms with Gasteiger partial charge in [-0.3, -0.25) is 0 Å². The minimum absolute atomic E-state index is 0.185. The number of aryl methyl sites for hydroxylation is 13. The number of imidazole rings is 4. The Morgan fingerprint density at radius 2 is 0.651 bits per heavy atom. The lowest BCUT2D eigenvalue weighted by atomic mass is 9.85. The molecule has 4 aromatic heterocycles. The zero-order valence-corrected chi connectivity index (χ0v) is 54.2. The Labute approximate surface area is 510 Å². The van der Waals surface area contributed by atoms with Crippen LogP contribution in [0, 0.1) is 34.6 Å². The number of aromatic nitrogens is 8. The monoisotopic (exact) mass is 1140 g/mol. The van der Waals surface area contributed by atoms with E-state index in [1.54, 1.807) is 0 Å². The number of para-hydroxylation sites is 8. The first-order valence-corrected chi connectivity index (χ1v) is 30.3. The fourth-order valence-electron chi connectivity index (χ4n) is 12.9. The quantitative estimate of drug-likeness (QED) is 0.149. The number of nitrogens with zero attached hydrogens (tertiary/aromatic N) is 8. The average Bonchev–Trinajstić information content (AvgIpc) is 2.75. The maximum absolute atomic E-state index is 2.33. The van der Waals surface area contributed by atoms with E-state index in [4.69, 9.17) is 0 Å². The van der Waals surface area contributed by atoms with Gasteiger partial charge in [0.15, 0.2) is 44.1 Å². The van der Waals surface area contributed by atoms with Gasteiger partial charge in [-0.05, 0) is 163 Å². The van der Waals surface area contributed by atoms with Crippen molar-refractivity contribution in [1.82, 2.24) is 18.3 Å². The first kappa shape index (κ1) is 60.0. The van der Waals surface area contributed by atoms with E-state index in [1.807, 2.05) is 0 Å². The van der Waals surface area contributed by atoms with Crippen molar-refractivity contribution >= 4 is 44.1 Å². The summed E-state index contributed by atoms with van der Waals surface area (Å²) in [6.07, 6.45) is 0. The molecule has 86 heavy (non-hydrogen) atoms. The van der Waals surface area contributed by atoms with Crippen LogP contribution in [0.1, 0.15) is 79.5 Å². The molecule has 4 heterocycles. The van der Waals surface area contributed by atoms with Gasteiger partial charge in [0.2, 0.25) is 0 Å². The van der Waals surface area contributed by atoms with Crippen molar-refractivity contribution in [3.05, 3.63) is 239 Å². The second-order valence-electron chi connectivity index (χ2n) is 24.9. The summed E-state index contributed by atoms with van der Waals surface area (Å²) < 4.78 is 18.2. The van der Waals surface area contributed by atoms with Crippen LogP contribution in [0.4, 0.5) is 0 Å². The lowest BCUT2D eigenvalue weighted by molar-refractivity contribution is -0.634. The number of rotatable bonds is 6. The Kier molecular flexibility index (Phi) is 17.1. The van der Waals surface area contributed by atoms with Crippen molar-refractivity contribution in [3.8, 4) is 56.7 Å². The smallest absolute Gasteiger partial charge is 0.226 e. The number of hydrogen-bond acceptors (Lipinski definition) is 0. The highest BCUT2D eigenvalue weighted by Crippen LogP contribution is 2.33. The van der Waals surface area contributed by atoms with E-state index in [-0.39, 0.29) is 5.41 Å². The minimum atomic E-state index is 0.185. The fourth-order valence-corrected chi connectivity index (χ4v) is 12.9. The van der Waals surface area contributed by atoms with Crippen molar-refractivity contribution in [2.45, 2.75) is 80.6 Å². The van der Waals surface area contributed by atoms with Gasteiger partial charge in [0.05, 0.1) is 78.6 Å². The van der Waals surface area contributed by atoms with Crippen LogP contribution in [0.5, 0.6) is 0 Å². The molecular formula is C78H88N8+4. The lowest BCUT2D eigenvalue weighted by Crippen LogP contribution is -2.30. The van der Waals surface area contributed by atoms with Crippen molar-refractivity contribution in [2.75, 3.05) is 0 Å². The van der Waals surface area contributed by atoms with Crippen LogP contribution in [-0.2, 0) is 61.8 Å². The molecule has 13 rings (SSSR count). The highest BCUT2D eigenvalue weighted by molar-refractivity contribution is 5.80. The topological polar surface area (TPSA) is 35.2 Å². The molecule has 0 amide bonds. The van der Waals surface area contributed by atoms with Crippen LogP contribution in [0.2, 0.25) is 0 Å². The molecule has 13 aromatic rings. The third-order valence-electron chi connectivity index (χ3n) is 17.6. The molecule has 0 aliphatic carbocycles. The van der Waals surface area contributed by atoms with Crippen LogP contribution in [0.25, 0.3) is 101 Å². The first-order chi connectivity index (χ1) is 41.1. The van der Waals surface area contributed by atoms with Gasteiger partial charge in [0, 0.05) is 0 Å². The average molecular weight is 1140 g/mol. The second kappa shape index (κ2) is 24.5. The Morgan fingerprint density at radius 1 is 0.326 bits per heavy atom. The molecule has 0 aliphatic rings. The summed E-state index contributed by atoms with van der Waals surface area (Å²) in [5, 5.41) is 0. The predicted octanol–water partition coefficient (Wildman–Crippen LogP) is 16.3. The van der Waals surface area contributed by atoms with E-state index < -0.39 is 0 Å². The van der Waals surface area contributed by atoms with Crippen LogP contribution in [0.3, 0.4) is 0 Å². The molecule has 0 radical (unpaired) electrons. The van der Waals surface area contributed by atoms with Gasteiger partial charge in [-0.1, -0.05) is 168 Å². The predicted molar refractivity (Wildman–Crippen MR) is 360 cm³/mol. The summed E-state index contributed by atoms with van der Waals surface area (Å²) in [5.41, 5.74) is 27.3. The third kappa shape index (κ3) is 11.4. The van der Waals surface area contributed by atoms with Gasteiger partial charge < -0.3 is 0 Å². The number of fused-ring (bicyclic) bond motifs is 4. The highest BCUT2D eigenvalue weighted by atomic mass is 15.2. The Balaban J connectivity index is 0.000000128. The van der Waals surface area contributed by atoms with Gasteiger partial charge in [-0.2, -0.15) is 0 Å². The third-order valence-corrected chi connectivity index (χ3v) is 17.6. The molecule has 9 aromatic carbocycles. The summed E-state index contributed by atoms with van der Waals surface area (Å²) in [4.78, 5) is 0. The van der Waals surface area contributed by atoms with Crippen molar-refractivity contribution in [3.63, 3.8) is 0 Å². The lowest BCUT2D eigenvalue weighted by Gasteiger charge is -2.20. The molecular weight excluding hydrogens is 1050 g/mol. The maximum Gasteiger partial charge on any atom is 0.289 e. The van der Waals surface area contributed by atoms with Crippen LogP contribution in [0.15, 0.2) is 200 Å². The van der Waals surface area contributed by atoms with E-state index >= 15 is 0 Å². The Hall–Kier alpha value is -9.14. The van der Waals surface area contributed by atoms with Crippen LogP contribution >= 0.6 is 0 Å². The molecule has 0 spiro atoms. The van der Waals surface area contributed by atoms with Gasteiger partial charge >= 0.3 is 0 Å². The minimum Gasteiger partial charge on any atom is -0.226 e. The molecule has 0 N–H and O–H groups in total. The molecule has 0 bridgehead atoms. The first-order valence-electron chi connectivity index (χ1n) is 30.3. The zero-order valence-electron chi connectivity index (χ0n) is 54.2. The van der Waals surface area contributed by atoms with Gasteiger partial charge in [-0.15, -0.1) is 0 Å². The zero-order chi connectivity index (χ0) is 61.5. The molecule has 0 aliphatic heterocycles. The fraction of sp³-hybridized carbons (Fsp3) is 0.256. The molecule has 436 valence electrons. The summed E-state index contributed by atoms with van der Waals surface area (Å²) in [5.74, 6) is 5.55. The largest absolute Gasteiger partial charge is 0.289 e. The molecule has 0 unspecified atom stereocenters. The Morgan fingerprint density at radius 3 is 0.988 bits per heavy atom. The van der Waals surface area contributed by atoms with E-state index in [1.165, 1.54) is 140 Å². The van der Waals surface area contributed by atoms with Gasteiger partial charge in [0.1, 0.15) is 0 Å². The molecule has 0 atom stereocenters. The van der Waals surface area contributed by atoms with Crippen LogP contribution < -0.4 is 18.3 Å².